The van der Waals surface area contributed by atoms with Crippen LogP contribution in [0, 0.1) is 12.9 Å². The highest BCUT2D eigenvalue weighted by Crippen LogP contribution is 2.24. The van der Waals surface area contributed by atoms with Crippen molar-refractivity contribution in [3.05, 3.63) is 65.9 Å². The predicted molar refractivity (Wildman–Crippen MR) is 78.6 cm³/mol. The van der Waals surface area contributed by atoms with Crippen LogP contribution in [0.2, 0.25) is 0 Å². The first-order valence-electron chi connectivity index (χ1n) is 6.42. The molecule has 2 aromatic heterocycles. The molecule has 0 aliphatic heterocycles. The number of hydrogen-bond donors (Lipinski definition) is 1. The first-order valence-corrected chi connectivity index (χ1v) is 6.42. The average Bonchev–Trinajstić information content (AvgIpc) is 2.50. The molecule has 0 aliphatic rings. The Labute approximate surface area is 120 Å². The zero-order valence-electron chi connectivity index (χ0n) is 11.3. The number of aryl methyl sites for hydroxylation is 1. The molecule has 3 rings (SSSR count). The van der Waals surface area contributed by atoms with Gasteiger partial charge in [0.25, 0.3) is 5.91 Å². The Bertz CT molecular complexity index is 833. The lowest BCUT2D eigenvalue weighted by Crippen LogP contribution is -2.12. The maximum absolute atomic E-state index is 13.1. The van der Waals surface area contributed by atoms with Crippen molar-refractivity contribution in [3.8, 4) is 0 Å². The largest absolute Gasteiger partial charge is 0.321 e. The molecule has 0 bridgehead atoms. The Hall–Kier alpha value is -2.82. The Kier molecular flexibility index (Phi) is 3.31. The van der Waals surface area contributed by atoms with Gasteiger partial charge in [-0.2, -0.15) is 4.39 Å². The predicted octanol–water partition coefficient (Wildman–Crippen LogP) is 3.33. The number of anilines is 1. The first-order chi connectivity index (χ1) is 10.1. The van der Waals surface area contributed by atoms with Gasteiger partial charge >= 0.3 is 0 Å². The van der Waals surface area contributed by atoms with E-state index in [2.05, 4.69) is 15.3 Å². The van der Waals surface area contributed by atoms with Crippen LogP contribution in [0.15, 0.2) is 48.8 Å². The molecule has 0 saturated carbocycles. The van der Waals surface area contributed by atoms with Crippen LogP contribution in [0.1, 0.15) is 15.9 Å². The van der Waals surface area contributed by atoms with Crippen LogP contribution in [0.25, 0.3) is 10.9 Å². The summed E-state index contributed by atoms with van der Waals surface area (Å²) in [6.07, 6.45) is 2.97. The molecule has 5 heteroatoms. The molecule has 1 aromatic carbocycles. The fourth-order valence-electron chi connectivity index (χ4n) is 2.16. The second kappa shape index (κ2) is 5.28. The van der Waals surface area contributed by atoms with Gasteiger partial charge in [-0.1, -0.05) is 6.07 Å². The molecular weight excluding hydrogens is 269 g/mol. The third-order valence-corrected chi connectivity index (χ3v) is 3.21. The summed E-state index contributed by atoms with van der Waals surface area (Å²) in [5.41, 5.74) is 2.72. The summed E-state index contributed by atoms with van der Waals surface area (Å²) >= 11 is 0. The fraction of sp³-hybridized carbons (Fsp3) is 0.0625. The number of carbonyl (C=O) groups excluding carboxylic acids is 1. The molecular formula is C16H12FN3O. The van der Waals surface area contributed by atoms with Crippen molar-refractivity contribution in [1.82, 2.24) is 9.97 Å². The molecule has 0 saturated heterocycles. The van der Waals surface area contributed by atoms with Crippen LogP contribution in [0.4, 0.5) is 10.1 Å². The third kappa shape index (κ3) is 2.58. The van der Waals surface area contributed by atoms with Crippen molar-refractivity contribution in [2.24, 2.45) is 0 Å². The normalized spacial score (nSPS) is 10.6. The van der Waals surface area contributed by atoms with Gasteiger partial charge in [-0.25, -0.2) is 4.98 Å². The molecule has 21 heavy (non-hydrogen) atoms. The zero-order valence-corrected chi connectivity index (χ0v) is 11.3. The van der Waals surface area contributed by atoms with Gasteiger partial charge in [0.15, 0.2) is 0 Å². The number of pyridine rings is 2. The highest BCUT2D eigenvalue weighted by atomic mass is 19.1. The molecule has 0 radical (unpaired) electrons. The lowest BCUT2D eigenvalue weighted by atomic mass is 10.1. The second-order valence-electron chi connectivity index (χ2n) is 4.65. The van der Waals surface area contributed by atoms with E-state index >= 15 is 0 Å². The lowest BCUT2D eigenvalue weighted by Gasteiger charge is -2.10. The Balaban J connectivity index is 1.99. The molecule has 3 aromatic rings. The number of nitrogens with zero attached hydrogens (tertiary/aromatic N) is 2. The van der Waals surface area contributed by atoms with E-state index in [0.29, 0.717) is 5.69 Å². The van der Waals surface area contributed by atoms with Gasteiger partial charge in [0, 0.05) is 29.4 Å². The highest BCUT2D eigenvalue weighted by molar-refractivity contribution is 6.08. The van der Waals surface area contributed by atoms with Crippen LogP contribution in [0.5, 0.6) is 0 Å². The molecule has 0 aliphatic carbocycles. The van der Waals surface area contributed by atoms with E-state index < -0.39 is 5.95 Å². The minimum absolute atomic E-state index is 0.222. The van der Waals surface area contributed by atoms with Gasteiger partial charge in [0.2, 0.25) is 5.95 Å². The van der Waals surface area contributed by atoms with Crippen molar-refractivity contribution >= 4 is 22.5 Å². The number of rotatable bonds is 2. The fourth-order valence-corrected chi connectivity index (χ4v) is 2.16. The smallest absolute Gasteiger partial charge is 0.255 e. The van der Waals surface area contributed by atoms with Crippen LogP contribution < -0.4 is 5.32 Å². The monoisotopic (exact) mass is 281 g/mol. The number of halogens is 1. The van der Waals surface area contributed by atoms with Gasteiger partial charge in [-0.15, -0.1) is 0 Å². The van der Waals surface area contributed by atoms with Gasteiger partial charge in [0.05, 0.1) is 11.2 Å². The quantitative estimate of drug-likeness (QED) is 0.733. The number of amides is 1. The van der Waals surface area contributed by atoms with Gasteiger partial charge in [-0.05, 0) is 36.8 Å². The van der Waals surface area contributed by atoms with E-state index in [0.717, 1.165) is 22.5 Å². The summed E-state index contributed by atoms with van der Waals surface area (Å²) in [5, 5.41) is 3.63. The lowest BCUT2D eigenvalue weighted by molar-refractivity contribution is 0.102. The van der Waals surface area contributed by atoms with Crippen molar-refractivity contribution in [2.45, 2.75) is 6.92 Å². The van der Waals surface area contributed by atoms with Crippen LogP contribution >= 0.6 is 0 Å². The summed E-state index contributed by atoms with van der Waals surface area (Å²) in [6, 6.07) is 9.96. The van der Waals surface area contributed by atoms with Crippen LogP contribution in [-0.4, -0.2) is 15.9 Å². The van der Waals surface area contributed by atoms with E-state index in [-0.39, 0.29) is 11.5 Å². The molecule has 0 spiro atoms. The number of carbonyl (C=O) groups is 1. The zero-order chi connectivity index (χ0) is 14.8. The standard InChI is InChI=1S/C16H12FN3O/c1-10-4-5-13(12-3-2-7-19-15(10)12)20-16(21)11-6-8-18-14(17)9-11/h2-9H,1H3,(H,20,21). The summed E-state index contributed by atoms with van der Waals surface area (Å²) in [7, 11) is 0. The number of fused-ring (bicyclic) bond motifs is 1. The molecule has 1 N–H and O–H groups in total. The summed E-state index contributed by atoms with van der Waals surface area (Å²) < 4.78 is 13.1. The Morgan fingerprint density at radius 3 is 2.81 bits per heavy atom. The maximum atomic E-state index is 13.1. The summed E-state index contributed by atoms with van der Waals surface area (Å²) in [5.74, 6) is -1.07. The van der Waals surface area contributed by atoms with Crippen molar-refractivity contribution in [2.75, 3.05) is 5.32 Å². The number of benzene rings is 1. The van der Waals surface area contributed by atoms with E-state index in [9.17, 15) is 9.18 Å². The minimum Gasteiger partial charge on any atom is -0.321 e. The van der Waals surface area contributed by atoms with Gasteiger partial charge < -0.3 is 5.32 Å². The van der Waals surface area contributed by atoms with E-state index in [1.165, 1.54) is 12.3 Å². The van der Waals surface area contributed by atoms with Gasteiger partial charge in [0.1, 0.15) is 0 Å². The third-order valence-electron chi connectivity index (χ3n) is 3.21. The number of nitrogens with one attached hydrogen (secondary N) is 1. The molecule has 0 atom stereocenters. The number of hydrogen-bond acceptors (Lipinski definition) is 3. The van der Waals surface area contributed by atoms with Gasteiger partial charge in [-0.3, -0.25) is 9.78 Å². The average molecular weight is 281 g/mol. The molecule has 104 valence electrons. The first kappa shape index (κ1) is 13.2. The number of aromatic nitrogens is 2. The SMILES string of the molecule is Cc1ccc(NC(=O)c2ccnc(F)c2)c2cccnc12. The molecule has 1 amide bonds. The van der Waals surface area contributed by atoms with Crippen molar-refractivity contribution in [1.29, 1.82) is 0 Å². The summed E-state index contributed by atoms with van der Waals surface area (Å²) in [6.45, 7) is 1.96. The summed E-state index contributed by atoms with van der Waals surface area (Å²) in [4.78, 5) is 19.9. The van der Waals surface area contributed by atoms with Crippen LogP contribution in [-0.2, 0) is 0 Å². The van der Waals surface area contributed by atoms with Crippen LogP contribution in [0.3, 0.4) is 0 Å². The molecule has 2 heterocycles. The molecule has 4 nitrogen and oxygen atoms in total. The molecule has 0 unspecified atom stereocenters. The van der Waals surface area contributed by atoms with E-state index in [1.54, 1.807) is 6.20 Å². The van der Waals surface area contributed by atoms with Crippen molar-refractivity contribution in [3.63, 3.8) is 0 Å². The minimum atomic E-state index is -0.682. The molecule has 0 fully saturated rings. The van der Waals surface area contributed by atoms with E-state index in [1.807, 2.05) is 31.2 Å². The van der Waals surface area contributed by atoms with Crippen molar-refractivity contribution < 1.29 is 9.18 Å². The van der Waals surface area contributed by atoms with E-state index in [4.69, 9.17) is 0 Å². The maximum Gasteiger partial charge on any atom is 0.255 e. The Morgan fingerprint density at radius 1 is 1.14 bits per heavy atom. The second-order valence-corrected chi connectivity index (χ2v) is 4.65. The topological polar surface area (TPSA) is 54.9 Å². The Morgan fingerprint density at radius 2 is 2.00 bits per heavy atom. The highest BCUT2D eigenvalue weighted by Gasteiger charge is 2.10.